The Morgan fingerprint density at radius 1 is 1.41 bits per heavy atom. The number of anilines is 1. The highest BCUT2D eigenvalue weighted by atomic mass is 15.1. The molecule has 1 heterocycles. The summed E-state index contributed by atoms with van der Waals surface area (Å²) in [5, 5.41) is 9.08. The Bertz CT molecular complexity index is 416. The summed E-state index contributed by atoms with van der Waals surface area (Å²) in [4.78, 5) is 6.28. The fourth-order valence-electron chi connectivity index (χ4n) is 2.45. The Morgan fingerprint density at radius 3 is 2.76 bits per heavy atom. The topological polar surface area (TPSA) is 65.9 Å². The first-order chi connectivity index (χ1) is 8.22. The third-order valence-corrected chi connectivity index (χ3v) is 3.59. The van der Waals surface area contributed by atoms with Gasteiger partial charge in [0, 0.05) is 25.3 Å². The van der Waals surface area contributed by atoms with Gasteiger partial charge < -0.3 is 10.6 Å². The summed E-state index contributed by atoms with van der Waals surface area (Å²) >= 11 is 0. The van der Waals surface area contributed by atoms with Crippen LogP contribution in [0.5, 0.6) is 0 Å². The maximum absolute atomic E-state index is 9.08. The molecule has 1 fully saturated rings. The van der Waals surface area contributed by atoms with Crippen molar-refractivity contribution in [3.05, 3.63) is 24.0 Å². The van der Waals surface area contributed by atoms with Gasteiger partial charge in [0.1, 0.15) is 6.07 Å². The lowest BCUT2D eigenvalue weighted by Gasteiger charge is -2.35. The monoisotopic (exact) mass is 230 g/mol. The standard InChI is InChI=1S/C13H18N4/c1-17(12-4-2-11(15)3-5-12)13-9-16-7-6-10(13)8-14/h6-7,9,11-12H,2-5,15H2,1H3. The number of nitrogens with zero attached hydrogens (tertiary/aromatic N) is 3. The Balaban J connectivity index is 2.14. The van der Waals surface area contributed by atoms with Crippen LogP contribution in [-0.2, 0) is 0 Å². The van der Waals surface area contributed by atoms with Gasteiger partial charge in [-0.25, -0.2) is 0 Å². The van der Waals surface area contributed by atoms with E-state index in [1.54, 1.807) is 18.5 Å². The van der Waals surface area contributed by atoms with Gasteiger partial charge in [0.15, 0.2) is 0 Å². The van der Waals surface area contributed by atoms with Gasteiger partial charge in [-0.3, -0.25) is 4.98 Å². The summed E-state index contributed by atoms with van der Waals surface area (Å²) in [6.45, 7) is 0. The van der Waals surface area contributed by atoms with Crippen molar-refractivity contribution < 1.29 is 0 Å². The smallest absolute Gasteiger partial charge is 0.101 e. The van der Waals surface area contributed by atoms with Crippen molar-refractivity contribution in [2.24, 2.45) is 5.73 Å². The molecule has 0 radical (unpaired) electrons. The summed E-state index contributed by atoms with van der Waals surface area (Å²) in [6.07, 6.45) is 7.75. The molecule has 2 rings (SSSR count). The molecule has 0 amide bonds. The second-order valence-electron chi connectivity index (χ2n) is 4.68. The fraction of sp³-hybridized carbons (Fsp3) is 0.538. The lowest BCUT2D eigenvalue weighted by atomic mass is 9.90. The molecule has 0 bridgehead atoms. The Hall–Kier alpha value is -1.60. The van der Waals surface area contributed by atoms with Gasteiger partial charge in [-0.15, -0.1) is 0 Å². The molecule has 0 aromatic carbocycles. The largest absolute Gasteiger partial charge is 0.369 e. The van der Waals surface area contributed by atoms with Crippen molar-refractivity contribution in [2.75, 3.05) is 11.9 Å². The number of nitriles is 1. The molecule has 2 N–H and O–H groups in total. The first kappa shape index (κ1) is 11.9. The predicted octanol–water partition coefficient (Wildman–Crippen LogP) is 1.66. The number of aromatic nitrogens is 1. The molecule has 0 aliphatic heterocycles. The van der Waals surface area contributed by atoms with E-state index in [2.05, 4.69) is 16.0 Å². The minimum Gasteiger partial charge on any atom is -0.369 e. The van der Waals surface area contributed by atoms with Crippen LogP contribution in [0, 0.1) is 11.3 Å². The van der Waals surface area contributed by atoms with Crippen LogP contribution >= 0.6 is 0 Å². The number of hydrogen-bond acceptors (Lipinski definition) is 4. The van der Waals surface area contributed by atoms with Gasteiger partial charge in [0.25, 0.3) is 0 Å². The molecule has 90 valence electrons. The lowest BCUT2D eigenvalue weighted by molar-refractivity contribution is 0.385. The van der Waals surface area contributed by atoms with E-state index < -0.39 is 0 Å². The zero-order valence-electron chi connectivity index (χ0n) is 10.1. The lowest BCUT2D eigenvalue weighted by Crippen LogP contribution is -2.39. The summed E-state index contributed by atoms with van der Waals surface area (Å²) in [6, 6.07) is 4.81. The maximum Gasteiger partial charge on any atom is 0.101 e. The normalized spacial score (nSPS) is 24.1. The molecule has 1 saturated carbocycles. The molecule has 1 aromatic rings. The van der Waals surface area contributed by atoms with Gasteiger partial charge in [0.2, 0.25) is 0 Å². The summed E-state index contributed by atoms with van der Waals surface area (Å²) in [5.74, 6) is 0. The highest BCUT2D eigenvalue weighted by Gasteiger charge is 2.23. The van der Waals surface area contributed by atoms with E-state index in [9.17, 15) is 0 Å². The second-order valence-corrected chi connectivity index (χ2v) is 4.68. The number of rotatable bonds is 2. The van der Waals surface area contributed by atoms with E-state index in [0.717, 1.165) is 31.4 Å². The molecular formula is C13H18N4. The van der Waals surface area contributed by atoms with Gasteiger partial charge in [-0.2, -0.15) is 5.26 Å². The molecule has 4 nitrogen and oxygen atoms in total. The SMILES string of the molecule is CN(c1cnccc1C#N)C1CCC(N)CC1. The van der Waals surface area contributed by atoms with Crippen molar-refractivity contribution in [3.63, 3.8) is 0 Å². The average molecular weight is 230 g/mol. The Labute approximate surface area is 102 Å². The molecule has 0 atom stereocenters. The van der Waals surface area contributed by atoms with Crippen LogP contribution in [0.25, 0.3) is 0 Å². The maximum atomic E-state index is 9.08. The first-order valence-electron chi connectivity index (χ1n) is 6.05. The molecule has 17 heavy (non-hydrogen) atoms. The van der Waals surface area contributed by atoms with Crippen molar-refractivity contribution in [1.82, 2.24) is 4.98 Å². The minimum absolute atomic E-state index is 0.351. The summed E-state index contributed by atoms with van der Waals surface area (Å²) < 4.78 is 0. The third-order valence-electron chi connectivity index (χ3n) is 3.59. The van der Waals surface area contributed by atoms with Gasteiger partial charge >= 0.3 is 0 Å². The average Bonchev–Trinajstić information content (AvgIpc) is 2.39. The van der Waals surface area contributed by atoms with Gasteiger partial charge in [0.05, 0.1) is 17.4 Å². The van der Waals surface area contributed by atoms with Crippen LogP contribution in [0.2, 0.25) is 0 Å². The molecular weight excluding hydrogens is 212 g/mol. The number of pyridine rings is 1. The highest BCUT2D eigenvalue weighted by molar-refractivity contribution is 5.57. The van der Waals surface area contributed by atoms with Crippen LogP contribution in [0.1, 0.15) is 31.2 Å². The van der Waals surface area contributed by atoms with Crippen LogP contribution in [0.15, 0.2) is 18.5 Å². The van der Waals surface area contributed by atoms with Gasteiger partial charge in [-0.1, -0.05) is 0 Å². The molecule has 0 spiro atoms. The zero-order chi connectivity index (χ0) is 12.3. The van der Waals surface area contributed by atoms with Crippen molar-refractivity contribution in [3.8, 4) is 6.07 Å². The molecule has 0 unspecified atom stereocenters. The van der Waals surface area contributed by atoms with E-state index in [-0.39, 0.29) is 0 Å². The van der Waals surface area contributed by atoms with E-state index in [4.69, 9.17) is 11.0 Å². The predicted molar refractivity (Wildman–Crippen MR) is 67.6 cm³/mol. The molecule has 0 saturated heterocycles. The number of hydrogen-bond donors (Lipinski definition) is 1. The summed E-state index contributed by atoms with van der Waals surface area (Å²) in [5.41, 5.74) is 7.53. The Morgan fingerprint density at radius 2 is 2.12 bits per heavy atom. The minimum atomic E-state index is 0.351. The van der Waals surface area contributed by atoms with Crippen LogP contribution < -0.4 is 10.6 Å². The van der Waals surface area contributed by atoms with E-state index in [1.165, 1.54) is 0 Å². The van der Waals surface area contributed by atoms with E-state index in [0.29, 0.717) is 17.6 Å². The highest BCUT2D eigenvalue weighted by Crippen LogP contribution is 2.27. The number of nitrogens with two attached hydrogens (primary N) is 1. The molecule has 1 aromatic heterocycles. The van der Waals surface area contributed by atoms with Crippen LogP contribution in [-0.4, -0.2) is 24.1 Å². The van der Waals surface area contributed by atoms with Crippen LogP contribution in [0.3, 0.4) is 0 Å². The third kappa shape index (κ3) is 2.56. The van der Waals surface area contributed by atoms with Gasteiger partial charge in [-0.05, 0) is 31.7 Å². The Kier molecular flexibility index (Phi) is 3.60. The fourth-order valence-corrected chi connectivity index (χ4v) is 2.45. The van der Waals surface area contributed by atoms with Crippen LogP contribution in [0.4, 0.5) is 5.69 Å². The summed E-state index contributed by atoms with van der Waals surface area (Å²) in [7, 11) is 2.04. The first-order valence-corrected chi connectivity index (χ1v) is 6.05. The van der Waals surface area contributed by atoms with Crippen molar-refractivity contribution >= 4 is 5.69 Å². The molecule has 1 aliphatic carbocycles. The molecule has 4 heteroatoms. The quantitative estimate of drug-likeness (QED) is 0.839. The molecule has 1 aliphatic rings. The van der Waals surface area contributed by atoms with E-state index >= 15 is 0 Å². The van der Waals surface area contributed by atoms with Crippen molar-refractivity contribution in [1.29, 1.82) is 5.26 Å². The zero-order valence-corrected chi connectivity index (χ0v) is 10.1. The van der Waals surface area contributed by atoms with E-state index in [1.807, 2.05) is 7.05 Å². The second kappa shape index (κ2) is 5.15. The van der Waals surface area contributed by atoms with Crippen molar-refractivity contribution in [2.45, 2.75) is 37.8 Å².